The molecule has 17 atom stereocenters. The van der Waals surface area contributed by atoms with Crippen LogP contribution in [0.5, 0.6) is 0 Å². The lowest BCUT2D eigenvalue weighted by atomic mass is 9.54. The number of aliphatic hydroxyl groups excluding tert-OH is 7. The van der Waals surface area contributed by atoms with Gasteiger partial charge in [-0.05, 0) is 44.9 Å². The van der Waals surface area contributed by atoms with Gasteiger partial charge in [0.15, 0.2) is 6.29 Å². The first kappa shape index (κ1) is 29.0. The van der Waals surface area contributed by atoms with Crippen molar-refractivity contribution in [3.63, 3.8) is 0 Å². The molecule has 0 unspecified atom stereocenters. The van der Waals surface area contributed by atoms with Gasteiger partial charge in [-0.15, -0.1) is 0 Å². The highest BCUT2D eigenvalue weighted by molar-refractivity contribution is 5.25. The van der Waals surface area contributed by atoms with Crippen molar-refractivity contribution in [2.24, 2.45) is 35.0 Å². The standard InChI is InChI=1S/C26H44O12/c1-23(2)21(38-22-18(32)17(31)16(30)12(8-27)37-22)19(33)20-25(4,35)10-5-6-11-15(29)14(24(11,3)34)9(10)7-13(28)26(20,23)36/h9-22,27-36H,5-8H2,1-4H3/t9-,10-,11+,12-,13-,14-,15+,16-,17+,18-,19+,20+,21+,22+,24+,25+,26-/m1/s1. The summed E-state index contributed by atoms with van der Waals surface area (Å²) in [7, 11) is 0. The van der Waals surface area contributed by atoms with Gasteiger partial charge in [-0.2, -0.15) is 0 Å². The summed E-state index contributed by atoms with van der Waals surface area (Å²) in [6.07, 6.45) is -12.3. The Balaban J connectivity index is 1.51. The minimum atomic E-state index is -2.11. The third kappa shape index (κ3) is 3.53. The van der Waals surface area contributed by atoms with Crippen molar-refractivity contribution in [2.45, 2.75) is 119 Å². The molecule has 0 spiro atoms. The maximum absolute atomic E-state index is 12.3. The van der Waals surface area contributed by atoms with Crippen LogP contribution in [0, 0.1) is 35.0 Å². The Morgan fingerprint density at radius 3 is 1.95 bits per heavy atom. The van der Waals surface area contributed by atoms with Crippen LogP contribution in [0.25, 0.3) is 0 Å². The summed E-state index contributed by atoms with van der Waals surface area (Å²) in [5, 5.41) is 110. The maximum Gasteiger partial charge on any atom is 0.187 e. The molecule has 6 aliphatic rings. The highest BCUT2D eigenvalue weighted by atomic mass is 16.7. The van der Waals surface area contributed by atoms with Gasteiger partial charge >= 0.3 is 0 Å². The molecule has 10 N–H and O–H groups in total. The van der Waals surface area contributed by atoms with Gasteiger partial charge in [0.25, 0.3) is 0 Å². The van der Waals surface area contributed by atoms with E-state index in [0.717, 1.165) is 0 Å². The molecule has 2 bridgehead atoms. The lowest BCUT2D eigenvalue weighted by Gasteiger charge is -2.57. The number of fused-ring (bicyclic) bond motifs is 2. The van der Waals surface area contributed by atoms with E-state index < -0.39 is 108 Å². The van der Waals surface area contributed by atoms with Crippen molar-refractivity contribution < 1.29 is 60.5 Å². The minimum absolute atomic E-state index is 0.0403. The van der Waals surface area contributed by atoms with Crippen molar-refractivity contribution in [2.75, 3.05) is 6.61 Å². The monoisotopic (exact) mass is 548 g/mol. The fraction of sp³-hybridized carbons (Fsp3) is 1.00. The van der Waals surface area contributed by atoms with E-state index in [9.17, 15) is 51.1 Å². The SMILES string of the molecule is CC1(C)[C@@H](O[C@@H]2O[C@H](CO)[C@@H](O)[C@H](O)[C@H]2O)[C@@H](O)[C@H]2[C@@](C)(O)[C@@H]3CC[C@H]4[C@H](O)[C@@H]([C@@H]3C[C@@H](O)[C@@]21O)[C@@]4(C)O. The van der Waals surface area contributed by atoms with Gasteiger partial charge in [0.2, 0.25) is 0 Å². The summed E-state index contributed by atoms with van der Waals surface area (Å²) in [6.45, 7) is 5.58. The number of rotatable bonds is 3. The Morgan fingerprint density at radius 1 is 0.763 bits per heavy atom. The zero-order valence-electron chi connectivity index (χ0n) is 22.2. The molecule has 12 heteroatoms. The maximum atomic E-state index is 12.3. The summed E-state index contributed by atoms with van der Waals surface area (Å²) in [6, 6.07) is 0. The summed E-state index contributed by atoms with van der Waals surface area (Å²) < 4.78 is 11.4. The normalized spacial score (nSPS) is 61.7. The van der Waals surface area contributed by atoms with Crippen LogP contribution in [0.4, 0.5) is 0 Å². The van der Waals surface area contributed by atoms with Crippen LogP contribution < -0.4 is 0 Å². The third-order valence-electron chi connectivity index (χ3n) is 11.4. The molecule has 220 valence electrons. The van der Waals surface area contributed by atoms with Crippen LogP contribution in [-0.4, -0.2) is 130 Å². The molecule has 0 aromatic heterocycles. The first-order valence-corrected chi connectivity index (χ1v) is 13.6. The molecule has 1 heterocycles. The number of aliphatic hydroxyl groups is 10. The zero-order valence-corrected chi connectivity index (χ0v) is 22.2. The van der Waals surface area contributed by atoms with Crippen molar-refractivity contribution in [3.05, 3.63) is 0 Å². The Kier molecular flexibility index (Phi) is 6.88. The van der Waals surface area contributed by atoms with E-state index >= 15 is 0 Å². The van der Waals surface area contributed by atoms with Crippen LogP contribution in [0.15, 0.2) is 0 Å². The van der Waals surface area contributed by atoms with Crippen LogP contribution in [0.1, 0.15) is 47.0 Å². The van der Waals surface area contributed by atoms with Crippen molar-refractivity contribution in [3.8, 4) is 0 Å². The molecule has 6 fully saturated rings. The molecule has 0 aromatic carbocycles. The molecule has 6 rings (SSSR count). The first-order chi connectivity index (χ1) is 17.4. The van der Waals surface area contributed by atoms with Crippen LogP contribution in [-0.2, 0) is 9.47 Å². The van der Waals surface area contributed by atoms with Crippen LogP contribution >= 0.6 is 0 Å². The first-order valence-electron chi connectivity index (χ1n) is 13.6. The fourth-order valence-electron chi connectivity index (χ4n) is 9.24. The van der Waals surface area contributed by atoms with Gasteiger partial charge < -0.3 is 60.5 Å². The summed E-state index contributed by atoms with van der Waals surface area (Å²) in [4.78, 5) is 0. The Labute approximate surface area is 221 Å². The molecule has 5 aliphatic carbocycles. The van der Waals surface area contributed by atoms with Crippen molar-refractivity contribution in [1.82, 2.24) is 0 Å². The minimum Gasteiger partial charge on any atom is -0.394 e. The summed E-state index contributed by atoms with van der Waals surface area (Å²) >= 11 is 0. The average molecular weight is 549 g/mol. The third-order valence-corrected chi connectivity index (χ3v) is 11.4. The van der Waals surface area contributed by atoms with E-state index in [1.54, 1.807) is 20.8 Å². The quantitative estimate of drug-likeness (QED) is 0.169. The number of hydrogen-bond donors (Lipinski definition) is 10. The predicted octanol–water partition coefficient (Wildman–Crippen LogP) is -3.18. The molecule has 1 aliphatic heterocycles. The fourth-order valence-corrected chi connectivity index (χ4v) is 9.24. The second-order valence-corrected chi connectivity index (χ2v) is 13.4. The molecule has 12 nitrogen and oxygen atoms in total. The van der Waals surface area contributed by atoms with Crippen LogP contribution in [0.3, 0.4) is 0 Å². The lowest BCUT2D eigenvalue weighted by molar-refractivity contribution is -0.325. The summed E-state index contributed by atoms with van der Waals surface area (Å²) in [5.41, 5.74) is -6.53. The van der Waals surface area contributed by atoms with Gasteiger partial charge in [-0.25, -0.2) is 0 Å². The number of ether oxygens (including phenoxy) is 2. The van der Waals surface area contributed by atoms with Crippen molar-refractivity contribution in [1.29, 1.82) is 0 Å². The average Bonchev–Trinajstić information content (AvgIpc) is 2.98. The molecular formula is C26H44O12. The topological polar surface area (TPSA) is 221 Å². The largest absolute Gasteiger partial charge is 0.394 e. The van der Waals surface area contributed by atoms with E-state index in [4.69, 9.17) is 9.47 Å². The van der Waals surface area contributed by atoms with Gasteiger partial charge in [-0.3, -0.25) is 0 Å². The van der Waals surface area contributed by atoms with E-state index in [2.05, 4.69) is 0 Å². The summed E-state index contributed by atoms with van der Waals surface area (Å²) in [5.74, 6) is -3.44. The second kappa shape index (κ2) is 9.01. The molecular weight excluding hydrogens is 504 g/mol. The smallest absolute Gasteiger partial charge is 0.187 e. The van der Waals surface area contributed by atoms with Crippen LogP contribution in [0.2, 0.25) is 0 Å². The zero-order chi connectivity index (χ0) is 28.3. The van der Waals surface area contributed by atoms with Crippen molar-refractivity contribution >= 4 is 0 Å². The van der Waals surface area contributed by atoms with Gasteiger partial charge in [0.1, 0.15) is 30.0 Å². The number of hydrogen-bond acceptors (Lipinski definition) is 12. The lowest BCUT2D eigenvalue weighted by Crippen LogP contribution is -2.66. The van der Waals surface area contributed by atoms with E-state index in [-0.39, 0.29) is 12.3 Å². The van der Waals surface area contributed by atoms with Gasteiger partial charge in [-0.1, -0.05) is 13.8 Å². The molecule has 0 radical (unpaired) electrons. The molecule has 5 saturated carbocycles. The predicted molar refractivity (Wildman–Crippen MR) is 128 cm³/mol. The van der Waals surface area contributed by atoms with E-state index in [1.807, 2.05) is 0 Å². The second-order valence-electron chi connectivity index (χ2n) is 13.4. The molecule has 1 saturated heterocycles. The Bertz CT molecular complexity index is 909. The van der Waals surface area contributed by atoms with Gasteiger partial charge in [0, 0.05) is 23.2 Å². The van der Waals surface area contributed by atoms with Gasteiger partial charge in [0.05, 0.1) is 42.2 Å². The Morgan fingerprint density at radius 2 is 1.37 bits per heavy atom. The molecule has 0 amide bonds. The van der Waals surface area contributed by atoms with E-state index in [1.165, 1.54) is 6.92 Å². The highest BCUT2D eigenvalue weighted by Crippen LogP contribution is 2.66. The molecule has 38 heavy (non-hydrogen) atoms. The van der Waals surface area contributed by atoms with E-state index in [0.29, 0.717) is 12.8 Å². The Hall–Kier alpha value is -0.480. The molecule has 0 aromatic rings. The highest BCUT2D eigenvalue weighted by Gasteiger charge is 2.76.